The van der Waals surface area contributed by atoms with Gasteiger partial charge in [-0.1, -0.05) is 13.3 Å². The molecule has 100 valence electrons. The highest BCUT2D eigenvalue weighted by molar-refractivity contribution is 4.83. The summed E-state index contributed by atoms with van der Waals surface area (Å²) < 4.78 is 11.7. The Hall–Kier alpha value is -0.120. The van der Waals surface area contributed by atoms with Gasteiger partial charge >= 0.3 is 0 Å². The smallest absolute Gasteiger partial charge is 0.0808 e. The molecular formula is C14H27NO2. The summed E-state index contributed by atoms with van der Waals surface area (Å²) in [6, 6.07) is 0.237. The second-order valence-corrected chi connectivity index (χ2v) is 5.61. The van der Waals surface area contributed by atoms with E-state index in [1.807, 2.05) is 0 Å². The molecule has 0 aromatic rings. The summed E-state index contributed by atoms with van der Waals surface area (Å²) in [5.41, 5.74) is 6.15. The van der Waals surface area contributed by atoms with Crippen molar-refractivity contribution < 1.29 is 9.47 Å². The maximum absolute atomic E-state index is 6.15. The van der Waals surface area contributed by atoms with Crippen LogP contribution in [0.4, 0.5) is 0 Å². The maximum Gasteiger partial charge on any atom is 0.0808 e. The van der Waals surface area contributed by atoms with Crippen molar-refractivity contribution in [3.63, 3.8) is 0 Å². The minimum absolute atomic E-state index is 0.237. The molecule has 1 heterocycles. The third-order valence-corrected chi connectivity index (χ3v) is 4.30. The molecule has 3 nitrogen and oxygen atoms in total. The first-order valence-corrected chi connectivity index (χ1v) is 7.28. The number of rotatable bonds is 4. The van der Waals surface area contributed by atoms with Crippen molar-refractivity contribution in [3.8, 4) is 0 Å². The molecule has 0 amide bonds. The van der Waals surface area contributed by atoms with E-state index in [0.29, 0.717) is 6.10 Å². The fourth-order valence-electron chi connectivity index (χ4n) is 2.97. The lowest BCUT2D eigenvalue weighted by atomic mass is 9.83. The molecule has 0 aromatic carbocycles. The predicted molar refractivity (Wildman–Crippen MR) is 68.9 cm³/mol. The minimum atomic E-state index is 0.237. The SMILES string of the molecule is CCC1CCC(N)C(OCC2CCCCO2)C1. The summed E-state index contributed by atoms with van der Waals surface area (Å²) in [6.45, 7) is 3.92. The maximum atomic E-state index is 6.15. The third-order valence-electron chi connectivity index (χ3n) is 4.30. The van der Waals surface area contributed by atoms with Crippen molar-refractivity contribution in [3.05, 3.63) is 0 Å². The van der Waals surface area contributed by atoms with Gasteiger partial charge in [0.15, 0.2) is 0 Å². The zero-order valence-corrected chi connectivity index (χ0v) is 11.1. The number of hydrogen-bond donors (Lipinski definition) is 1. The molecule has 2 rings (SSSR count). The molecule has 1 saturated heterocycles. The van der Waals surface area contributed by atoms with Crippen LogP contribution in [0.25, 0.3) is 0 Å². The van der Waals surface area contributed by atoms with E-state index in [4.69, 9.17) is 15.2 Å². The van der Waals surface area contributed by atoms with Gasteiger partial charge < -0.3 is 15.2 Å². The Morgan fingerprint density at radius 3 is 2.82 bits per heavy atom. The summed E-state index contributed by atoms with van der Waals surface area (Å²) in [6.07, 6.45) is 9.01. The Kier molecular flexibility index (Phi) is 5.26. The highest BCUT2D eigenvalue weighted by atomic mass is 16.5. The van der Waals surface area contributed by atoms with E-state index in [2.05, 4.69) is 6.92 Å². The lowest BCUT2D eigenvalue weighted by Crippen LogP contribution is -2.43. The average molecular weight is 241 g/mol. The highest BCUT2D eigenvalue weighted by Crippen LogP contribution is 2.28. The largest absolute Gasteiger partial charge is 0.376 e. The van der Waals surface area contributed by atoms with Crippen molar-refractivity contribution >= 4 is 0 Å². The van der Waals surface area contributed by atoms with Crippen LogP contribution in [0.15, 0.2) is 0 Å². The van der Waals surface area contributed by atoms with Gasteiger partial charge in [-0.25, -0.2) is 0 Å². The first kappa shape index (κ1) is 13.3. The van der Waals surface area contributed by atoms with Crippen LogP contribution in [0.2, 0.25) is 0 Å². The van der Waals surface area contributed by atoms with Gasteiger partial charge in [-0.3, -0.25) is 0 Å². The zero-order valence-electron chi connectivity index (χ0n) is 11.1. The third kappa shape index (κ3) is 3.94. The average Bonchev–Trinajstić information content (AvgIpc) is 2.39. The van der Waals surface area contributed by atoms with Gasteiger partial charge in [0.2, 0.25) is 0 Å². The van der Waals surface area contributed by atoms with Gasteiger partial charge in [0.05, 0.1) is 18.8 Å². The van der Waals surface area contributed by atoms with Crippen molar-refractivity contribution in [1.82, 2.24) is 0 Å². The molecule has 1 saturated carbocycles. The summed E-state index contributed by atoms with van der Waals surface area (Å²) in [5, 5.41) is 0. The quantitative estimate of drug-likeness (QED) is 0.822. The van der Waals surface area contributed by atoms with Gasteiger partial charge in [0, 0.05) is 12.6 Å². The Balaban J connectivity index is 1.72. The van der Waals surface area contributed by atoms with E-state index < -0.39 is 0 Å². The molecule has 4 atom stereocenters. The Morgan fingerprint density at radius 2 is 2.12 bits per heavy atom. The second-order valence-electron chi connectivity index (χ2n) is 5.61. The lowest BCUT2D eigenvalue weighted by molar-refractivity contribution is -0.0795. The molecule has 3 heteroatoms. The molecule has 1 aliphatic carbocycles. The molecule has 4 unspecified atom stereocenters. The summed E-state index contributed by atoms with van der Waals surface area (Å²) in [5.74, 6) is 0.812. The molecule has 2 N–H and O–H groups in total. The molecule has 2 fully saturated rings. The van der Waals surface area contributed by atoms with E-state index in [0.717, 1.165) is 38.4 Å². The minimum Gasteiger partial charge on any atom is -0.376 e. The molecule has 17 heavy (non-hydrogen) atoms. The van der Waals surface area contributed by atoms with E-state index in [1.165, 1.54) is 25.7 Å². The second kappa shape index (κ2) is 6.72. The van der Waals surface area contributed by atoms with E-state index in [9.17, 15) is 0 Å². The summed E-state index contributed by atoms with van der Waals surface area (Å²) in [4.78, 5) is 0. The summed E-state index contributed by atoms with van der Waals surface area (Å²) in [7, 11) is 0. The number of nitrogens with two attached hydrogens (primary N) is 1. The van der Waals surface area contributed by atoms with Crippen LogP contribution in [0.5, 0.6) is 0 Å². The Morgan fingerprint density at radius 1 is 1.24 bits per heavy atom. The van der Waals surface area contributed by atoms with Crippen LogP contribution in [0.3, 0.4) is 0 Å². The zero-order chi connectivity index (χ0) is 12.1. The first-order valence-electron chi connectivity index (χ1n) is 7.28. The van der Waals surface area contributed by atoms with Gasteiger partial charge in [0.1, 0.15) is 0 Å². The van der Waals surface area contributed by atoms with E-state index in [-0.39, 0.29) is 12.1 Å². The molecule has 2 aliphatic rings. The van der Waals surface area contributed by atoms with Crippen LogP contribution >= 0.6 is 0 Å². The van der Waals surface area contributed by atoms with Crippen LogP contribution in [0.1, 0.15) is 51.9 Å². The van der Waals surface area contributed by atoms with Crippen molar-refractivity contribution in [2.75, 3.05) is 13.2 Å². The molecule has 0 aromatic heterocycles. The van der Waals surface area contributed by atoms with E-state index >= 15 is 0 Å². The molecule has 0 radical (unpaired) electrons. The lowest BCUT2D eigenvalue weighted by Gasteiger charge is -2.35. The van der Waals surface area contributed by atoms with Gasteiger partial charge in [-0.05, 0) is 44.4 Å². The monoisotopic (exact) mass is 241 g/mol. The van der Waals surface area contributed by atoms with Gasteiger partial charge in [-0.15, -0.1) is 0 Å². The number of hydrogen-bond acceptors (Lipinski definition) is 3. The Bertz CT molecular complexity index is 216. The van der Waals surface area contributed by atoms with Crippen molar-refractivity contribution in [1.29, 1.82) is 0 Å². The van der Waals surface area contributed by atoms with Gasteiger partial charge in [0.25, 0.3) is 0 Å². The topological polar surface area (TPSA) is 44.5 Å². The van der Waals surface area contributed by atoms with Crippen LogP contribution in [-0.2, 0) is 9.47 Å². The highest BCUT2D eigenvalue weighted by Gasteiger charge is 2.28. The Labute approximate surface area is 105 Å². The normalized spacial score (nSPS) is 39.2. The number of ether oxygens (including phenoxy) is 2. The molecule has 1 aliphatic heterocycles. The van der Waals surface area contributed by atoms with Crippen molar-refractivity contribution in [2.24, 2.45) is 11.7 Å². The fourth-order valence-corrected chi connectivity index (χ4v) is 2.97. The van der Waals surface area contributed by atoms with Crippen LogP contribution in [0, 0.1) is 5.92 Å². The molecule has 0 bridgehead atoms. The predicted octanol–water partition coefficient (Wildman–Crippen LogP) is 2.48. The van der Waals surface area contributed by atoms with Crippen molar-refractivity contribution in [2.45, 2.75) is 70.1 Å². The van der Waals surface area contributed by atoms with Crippen LogP contribution in [-0.4, -0.2) is 31.5 Å². The molecule has 0 spiro atoms. The first-order chi connectivity index (χ1) is 8.29. The van der Waals surface area contributed by atoms with Crippen LogP contribution < -0.4 is 5.73 Å². The van der Waals surface area contributed by atoms with Gasteiger partial charge in [-0.2, -0.15) is 0 Å². The van der Waals surface area contributed by atoms with E-state index in [1.54, 1.807) is 0 Å². The molecular weight excluding hydrogens is 214 g/mol. The summed E-state index contributed by atoms with van der Waals surface area (Å²) >= 11 is 0. The standard InChI is InChI=1S/C14H27NO2/c1-2-11-6-7-13(15)14(9-11)17-10-12-5-3-4-8-16-12/h11-14H,2-10,15H2,1H3. The fraction of sp³-hybridized carbons (Fsp3) is 1.00.